The highest BCUT2D eigenvalue weighted by molar-refractivity contribution is 5.96. The van der Waals surface area contributed by atoms with Gasteiger partial charge in [0.2, 0.25) is 29.5 Å². The lowest BCUT2D eigenvalue weighted by Gasteiger charge is -2.28. The molecule has 20 nitrogen and oxygen atoms in total. The number of nitrogens with two attached hydrogens (primary N) is 1. The molecule has 0 aliphatic heterocycles. The highest BCUT2D eigenvalue weighted by Crippen LogP contribution is 2.11. The molecule has 0 rings (SSSR count). The monoisotopic (exact) mass is 690 g/mol. The van der Waals surface area contributed by atoms with Gasteiger partial charge in [0.05, 0.1) is 6.10 Å². The number of hydrogen-bond acceptors (Lipinski definition) is 11. The van der Waals surface area contributed by atoms with Crippen LogP contribution >= 0.6 is 0 Å². The minimum absolute atomic E-state index is 0.300. The van der Waals surface area contributed by atoms with Crippen LogP contribution in [0, 0.1) is 5.92 Å². The van der Waals surface area contributed by atoms with Gasteiger partial charge in [0, 0.05) is 19.3 Å². The van der Waals surface area contributed by atoms with E-state index in [1.165, 1.54) is 13.8 Å². The van der Waals surface area contributed by atoms with E-state index in [2.05, 4.69) is 26.6 Å². The average molecular weight is 691 g/mol. The van der Waals surface area contributed by atoms with Gasteiger partial charge in [-0.2, -0.15) is 0 Å². The van der Waals surface area contributed by atoms with E-state index in [1.807, 2.05) is 0 Å². The Morgan fingerprint density at radius 2 is 0.958 bits per heavy atom. The average Bonchev–Trinajstić information content (AvgIpc) is 2.99. The molecule has 0 bridgehead atoms. The molecule has 0 aromatic carbocycles. The van der Waals surface area contributed by atoms with Crippen LogP contribution in [-0.2, 0) is 43.2 Å². The van der Waals surface area contributed by atoms with E-state index < -0.39 is 140 Å². The van der Waals surface area contributed by atoms with Crippen LogP contribution in [0.4, 0.5) is 0 Å². The number of carboxylic acids is 4. The zero-order valence-electron chi connectivity index (χ0n) is 27.1. The van der Waals surface area contributed by atoms with Crippen LogP contribution in [0.15, 0.2) is 0 Å². The lowest BCUT2D eigenvalue weighted by Crippen LogP contribution is -2.60. The fourth-order valence-corrected chi connectivity index (χ4v) is 3.98. The van der Waals surface area contributed by atoms with Gasteiger partial charge in [-0.1, -0.05) is 20.3 Å². The molecule has 48 heavy (non-hydrogen) atoms. The molecular weight excluding hydrogens is 644 g/mol. The van der Waals surface area contributed by atoms with Gasteiger partial charge in [0.1, 0.15) is 36.3 Å². The van der Waals surface area contributed by atoms with Crippen LogP contribution in [0.1, 0.15) is 72.6 Å². The molecule has 272 valence electrons. The van der Waals surface area contributed by atoms with Crippen molar-refractivity contribution in [2.24, 2.45) is 11.7 Å². The van der Waals surface area contributed by atoms with Gasteiger partial charge in [-0.25, -0.2) is 4.79 Å². The molecule has 8 atom stereocenters. The Labute approximate surface area is 275 Å². The summed E-state index contributed by atoms with van der Waals surface area (Å²) in [4.78, 5) is 109. The molecule has 20 heteroatoms. The summed E-state index contributed by atoms with van der Waals surface area (Å²) in [5, 5.41) is 57.3. The number of amides is 5. The molecule has 0 aliphatic carbocycles. The number of rotatable bonds is 23. The van der Waals surface area contributed by atoms with E-state index >= 15 is 0 Å². The summed E-state index contributed by atoms with van der Waals surface area (Å²) in [6, 6.07) is -8.97. The summed E-state index contributed by atoms with van der Waals surface area (Å²) < 4.78 is 0. The molecule has 0 spiro atoms. The Bertz CT molecular complexity index is 1200. The number of aliphatic hydroxyl groups is 1. The maximum Gasteiger partial charge on any atom is 0.326 e. The quantitative estimate of drug-likeness (QED) is 0.0505. The lowest BCUT2D eigenvalue weighted by atomic mass is 9.97. The summed E-state index contributed by atoms with van der Waals surface area (Å²) in [6.45, 7) is 5.65. The van der Waals surface area contributed by atoms with Gasteiger partial charge in [0.15, 0.2) is 0 Å². The standard InChI is InChI=1S/C28H46N6O14/c1-5-12(2)22(27(46)30-13(3)23(42)33-17(28(47)48)8-11-20(40)41)34-25(44)16(7-10-19(38)39)31-24(43)15(6-9-18(36)37)32-26(45)21(29)14(4)35/h12-17,21-22,35H,5-11,29H2,1-4H3,(H,30,46)(H,31,43)(H,32,45)(H,33,42)(H,34,44)(H,36,37)(H,38,39)(H,40,41)(H,47,48). The smallest absolute Gasteiger partial charge is 0.326 e. The van der Waals surface area contributed by atoms with Crippen LogP contribution in [0.2, 0.25) is 0 Å². The molecule has 5 amide bonds. The van der Waals surface area contributed by atoms with Crippen molar-refractivity contribution in [3.63, 3.8) is 0 Å². The van der Waals surface area contributed by atoms with Crippen LogP contribution in [0.3, 0.4) is 0 Å². The number of carbonyl (C=O) groups is 9. The fraction of sp³-hybridized carbons (Fsp3) is 0.679. The van der Waals surface area contributed by atoms with E-state index in [-0.39, 0.29) is 0 Å². The van der Waals surface area contributed by atoms with Crippen molar-refractivity contribution in [3.05, 3.63) is 0 Å². The van der Waals surface area contributed by atoms with E-state index in [4.69, 9.17) is 15.9 Å². The van der Waals surface area contributed by atoms with E-state index in [0.29, 0.717) is 6.42 Å². The van der Waals surface area contributed by atoms with Gasteiger partial charge < -0.3 is 57.9 Å². The molecule has 0 saturated carbocycles. The zero-order chi connectivity index (χ0) is 37.3. The number of nitrogens with one attached hydrogen (secondary N) is 5. The molecular formula is C28H46N6O14. The van der Waals surface area contributed by atoms with Crippen LogP contribution in [0.25, 0.3) is 0 Å². The fourth-order valence-electron chi connectivity index (χ4n) is 3.98. The molecule has 0 saturated heterocycles. The third-order valence-corrected chi connectivity index (χ3v) is 7.19. The minimum Gasteiger partial charge on any atom is -0.481 e. The Kier molecular flexibility index (Phi) is 19.0. The second-order valence-electron chi connectivity index (χ2n) is 11.2. The molecule has 0 radical (unpaired) electrons. The Balaban J connectivity index is 6.00. The first-order valence-electron chi connectivity index (χ1n) is 15.0. The van der Waals surface area contributed by atoms with Gasteiger partial charge >= 0.3 is 23.9 Å². The van der Waals surface area contributed by atoms with Crippen molar-refractivity contribution in [2.75, 3.05) is 0 Å². The number of aliphatic hydroxyl groups excluding tert-OH is 1. The molecule has 8 unspecified atom stereocenters. The summed E-state index contributed by atoms with van der Waals surface area (Å²) in [7, 11) is 0. The number of carbonyl (C=O) groups excluding carboxylic acids is 5. The van der Waals surface area contributed by atoms with Crippen molar-refractivity contribution in [1.29, 1.82) is 0 Å². The normalized spacial score (nSPS) is 15.9. The lowest BCUT2D eigenvalue weighted by molar-refractivity contribution is -0.143. The van der Waals surface area contributed by atoms with Gasteiger partial charge in [-0.05, 0) is 39.0 Å². The summed E-state index contributed by atoms with van der Waals surface area (Å²) >= 11 is 0. The first kappa shape index (κ1) is 43.1. The molecule has 12 N–H and O–H groups in total. The van der Waals surface area contributed by atoms with Crippen molar-refractivity contribution in [2.45, 2.75) is 115 Å². The van der Waals surface area contributed by atoms with Crippen molar-refractivity contribution in [1.82, 2.24) is 26.6 Å². The van der Waals surface area contributed by atoms with Gasteiger partial charge in [0.25, 0.3) is 0 Å². The summed E-state index contributed by atoms with van der Waals surface area (Å²) in [5.41, 5.74) is 5.58. The Morgan fingerprint density at radius 3 is 1.35 bits per heavy atom. The molecule has 0 aromatic rings. The van der Waals surface area contributed by atoms with Gasteiger partial charge in [-0.15, -0.1) is 0 Å². The van der Waals surface area contributed by atoms with Crippen molar-refractivity contribution in [3.8, 4) is 0 Å². The molecule has 0 fully saturated rings. The Morgan fingerprint density at radius 1 is 0.562 bits per heavy atom. The zero-order valence-corrected chi connectivity index (χ0v) is 27.1. The van der Waals surface area contributed by atoms with E-state index in [1.54, 1.807) is 13.8 Å². The third-order valence-electron chi connectivity index (χ3n) is 7.19. The largest absolute Gasteiger partial charge is 0.481 e. The van der Waals surface area contributed by atoms with E-state index in [0.717, 1.165) is 0 Å². The SMILES string of the molecule is CCC(C)C(NC(=O)C(CCC(=O)O)NC(=O)C(CCC(=O)O)NC(=O)C(N)C(C)O)C(=O)NC(C)C(=O)NC(CCC(=O)O)C(=O)O. The maximum atomic E-state index is 13.4. The van der Waals surface area contributed by atoms with Crippen molar-refractivity contribution >= 4 is 53.4 Å². The maximum absolute atomic E-state index is 13.4. The third kappa shape index (κ3) is 16.1. The second kappa shape index (κ2) is 21.1. The molecule has 0 heterocycles. The number of aliphatic carboxylic acids is 4. The predicted molar refractivity (Wildman–Crippen MR) is 163 cm³/mol. The van der Waals surface area contributed by atoms with E-state index in [9.17, 15) is 58.5 Å². The minimum atomic E-state index is -1.62. The second-order valence-corrected chi connectivity index (χ2v) is 11.2. The first-order valence-corrected chi connectivity index (χ1v) is 15.0. The van der Waals surface area contributed by atoms with Crippen LogP contribution < -0.4 is 32.3 Å². The topological polar surface area (TPSA) is 341 Å². The molecule has 0 aliphatic rings. The van der Waals surface area contributed by atoms with Crippen LogP contribution in [-0.4, -0.2) is 121 Å². The Hall–Kier alpha value is -4.85. The number of carboxylic acid groups (broad SMARTS) is 4. The summed E-state index contributed by atoms with van der Waals surface area (Å²) in [5.74, 6) is -11.1. The van der Waals surface area contributed by atoms with Gasteiger partial charge in [-0.3, -0.25) is 38.4 Å². The number of hydrogen-bond donors (Lipinski definition) is 11. The molecule has 0 aromatic heterocycles. The highest BCUT2D eigenvalue weighted by atomic mass is 16.4. The predicted octanol–water partition coefficient (Wildman–Crippen LogP) is -3.14. The van der Waals surface area contributed by atoms with Crippen molar-refractivity contribution < 1.29 is 68.7 Å². The summed E-state index contributed by atoms with van der Waals surface area (Å²) in [6.07, 6.45) is -4.24. The van der Waals surface area contributed by atoms with Crippen LogP contribution in [0.5, 0.6) is 0 Å². The first-order chi connectivity index (χ1) is 22.2. The highest BCUT2D eigenvalue weighted by Gasteiger charge is 2.34.